The molecule has 2 heteroatoms. The molecule has 0 saturated heterocycles. The van der Waals surface area contributed by atoms with Crippen molar-refractivity contribution in [2.24, 2.45) is 40.4 Å². The van der Waals surface area contributed by atoms with Gasteiger partial charge in [-0.25, -0.2) is 0 Å². The zero-order valence-electron chi connectivity index (χ0n) is 16.1. The summed E-state index contributed by atoms with van der Waals surface area (Å²) in [6.07, 6.45) is 10.8. The van der Waals surface area contributed by atoms with Crippen molar-refractivity contribution in [2.45, 2.75) is 91.1 Å². The van der Waals surface area contributed by atoms with Crippen molar-refractivity contribution in [1.29, 1.82) is 0 Å². The van der Waals surface area contributed by atoms with E-state index in [2.05, 4.69) is 13.8 Å². The highest BCUT2D eigenvalue weighted by Crippen LogP contribution is 2.68. The molecule has 0 bridgehead atoms. The van der Waals surface area contributed by atoms with Crippen LogP contribution in [0, 0.1) is 40.4 Å². The topological polar surface area (TPSA) is 37.3 Å². The predicted octanol–water partition coefficient (Wildman–Crippen LogP) is 4.99. The van der Waals surface area contributed by atoms with E-state index in [4.69, 9.17) is 0 Å². The molecule has 2 nitrogen and oxygen atoms in total. The first-order valence-corrected chi connectivity index (χ1v) is 10.4. The van der Waals surface area contributed by atoms with Crippen molar-refractivity contribution in [2.75, 3.05) is 0 Å². The Bertz CT molecular complexity index is 538. The van der Waals surface area contributed by atoms with E-state index >= 15 is 0 Å². The molecule has 0 aromatic rings. The van der Waals surface area contributed by atoms with Gasteiger partial charge in [-0.05, 0) is 106 Å². The lowest BCUT2D eigenvalue weighted by atomic mass is 9.44. The molecule has 4 aliphatic rings. The summed E-state index contributed by atoms with van der Waals surface area (Å²) in [5.74, 6) is 3.89. The number of rotatable bonds is 1. The third-order valence-electron chi connectivity index (χ3n) is 9.44. The predicted molar refractivity (Wildman–Crippen MR) is 96.5 cm³/mol. The Labute approximate surface area is 147 Å². The Morgan fingerprint density at radius 3 is 2.29 bits per heavy atom. The third-order valence-corrected chi connectivity index (χ3v) is 9.44. The van der Waals surface area contributed by atoms with Gasteiger partial charge in [0.25, 0.3) is 0 Å². The highest BCUT2D eigenvalue weighted by molar-refractivity contribution is 5.79. The van der Waals surface area contributed by atoms with E-state index in [1.54, 1.807) is 0 Å². The Morgan fingerprint density at radius 2 is 1.58 bits per heavy atom. The number of Topliss-reactive ketones (excluding diaryl/α,β-unsaturated/α-hetero) is 1. The molecule has 0 aliphatic heterocycles. The average Bonchev–Trinajstić information content (AvgIpc) is 2.85. The first-order valence-electron chi connectivity index (χ1n) is 10.4. The fourth-order valence-electron chi connectivity index (χ4n) is 8.10. The van der Waals surface area contributed by atoms with Gasteiger partial charge in [0, 0.05) is 5.92 Å². The second-order valence-corrected chi connectivity index (χ2v) is 10.6. The van der Waals surface area contributed by atoms with Gasteiger partial charge in [0.1, 0.15) is 5.78 Å². The van der Waals surface area contributed by atoms with E-state index in [9.17, 15) is 9.90 Å². The van der Waals surface area contributed by atoms with E-state index in [0.717, 1.165) is 37.0 Å². The van der Waals surface area contributed by atoms with E-state index in [0.29, 0.717) is 23.0 Å². The summed E-state index contributed by atoms with van der Waals surface area (Å²) >= 11 is 0. The Hall–Kier alpha value is -0.370. The van der Waals surface area contributed by atoms with E-state index in [-0.39, 0.29) is 5.41 Å². The molecular formula is C22H36O2. The maximum atomic E-state index is 12.2. The summed E-state index contributed by atoms with van der Waals surface area (Å²) in [5.41, 5.74) is 0.268. The van der Waals surface area contributed by atoms with Crippen molar-refractivity contribution < 1.29 is 9.90 Å². The maximum absolute atomic E-state index is 12.2. The molecular weight excluding hydrogens is 296 g/mol. The van der Waals surface area contributed by atoms with Crippen LogP contribution in [-0.2, 0) is 4.79 Å². The first-order chi connectivity index (χ1) is 11.2. The van der Waals surface area contributed by atoms with Crippen LogP contribution in [0.5, 0.6) is 0 Å². The van der Waals surface area contributed by atoms with Gasteiger partial charge in [0.05, 0.1) is 5.60 Å². The molecule has 0 spiro atoms. The second kappa shape index (κ2) is 5.32. The van der Waals surface area contributed by atoms with E-state index < -0.39 is 5.60 Å². The minimum absolute atomic E-state index is 0.274. The molecule has 1 unspecified atom stereocenters. The number of hydrogen-bond acceptors (Lipinski definition) is 2. The maximum Gasteiger partial charge on any atom is 0.133 e. The number of ketones is 1. The third kappa shape index (κ3) is 2.27. The Balaban J connectivity index is 1.61. The van der Waals surface area contributed by atoms with Gasteiger partial charge in [-0.15, -0.1) is 0 Å². The van der Waals surface area contributed by atoms with Crippen LogP contribution in [0.4, 0.5) is 0 Å². The second-order valence-electron chi connectivity index (χ2n) is 10.6. The zero-order chi connectivity index (χ0) is 17.3. The van der Waals surface area contributed by atoms with Crippen LogP contribution in [0.1, 0.15) is 85.5 Å². The summed E-state index contributed by atoms with van der Waals surface area (Å²) in [4.78, 5) is 12.2. The summed E-state index contributed by atoms with van der Waals surface area (Å²) in [5, 5.41) is 10.6. The van der Waals surface area contributed by atoms with Crippen LogP contribution in [-0.4, -0.2) is 16.5 Å². The molecule has 0 amide bonds. The van der Waals surface area contributed by atoms with Gasteiger partial charge in [-0.2, -0.15) is 0 Å². The highest BCUT2D eigenvalue weighted by atomic mass is 16.3. The largest absolute Gasteiger partial charge is 0.390 e. The number of carbonyl (C=O) groups is 1. The molecule has 0 aromatic carbocycles. The minimum Gasteiger partial charge on any atom is -0.390 e. The fraction of sp³-hybridized carbons (Fsp3) is 0.955. The quantitative estimate of drug-likeness (QED) is 0.735. The van der Waals surface area contributed by atoms with Crippen molar-refractivity contribution >= 4 is 5.78 Å². The average molecular weight is 333 g/mol. The molecule has 4 fully saturated rings. The van der Waals surface area contributed by atoms with Gasteiger partial charge < -0.3 is 5.11 Å². The van der Waals surface area contributed by atoms with Crippen LogP contribution >= 0.6 is 0 Å². The van der Waals surface area contributed by atoms with Gasteiger partial charge in [0.15, 0.2) is 0 Å². The van der Waals surface area contributed by atoms with Crippen LogP contribution in [0.15, 0.2) is 0 Å². The smallest absolute Gasteiger partial charge is 0.133 e. The molecule has 0 heterocycles. The summed E-state index contributed by atoms with van der Waals surface area (Å²) in [6, 6.07) is 0. The Kier molecular flexibility index (Phi) is 3.78. The van der Waals surface area contributed by atoms with Gasteiger partial charge >= 0.3 is 0 Å². The summed E-state index contributed by atoms with van der Waals surface area (Å²) in [7, 11) is 0. The van der Waals surface area contributed by atoms with Gasteiger partial charge in [-0.1, -0.05) is 13.8 Å². The van der Waals surface area contributed by atoms with Crippen LogP contribution in [0.2, 0.25) is 0 Å². The van der Waals surface area contributed by atoms with Crippen LogP contribution in [0.25, 0.3) is 0 Å². The van der Waals surface area contributed by atoms with E-state index in [1.807, 2.05) is 13.8 Å². The zero-order valence-corrected chi connectivity index (χ0v) is 16.1. The van der Waals surface area contributed by atoms with Crippen molar-refractivity contribution in [3.63, 3.8) is 0 Å². The number of aliphatic hydroxyl groups is 1. The fourth-order valence-corrected chi connectivity index (χ4v) is 8.10. The van der Waals surface area contributed by atoms with Gasteiger partial charge in [-0.3, -0.25) is 4.79 Å². The lowest BCUT2D eigenvalue weighted by Gasteiger charge is -2.61. The molecule has 4 aliphatic carbocycles. The number of fused-ring (bicyclic) bond motifs is 5. The highest BCUT2D eigenvalue weighted by Gasteiger charge is 2.61. The van der Waals surface area contributed by atoms with E-state index in [1.165, 1.54) is 38.5 Å². The lowest BCUT2D eigenvalue weighted by Crippen LogP contribution is -2.55. The van der Waals surface area contributed by atoms with Crippen LogP contribution < -0.4 is 0 Å². The molecule has 0 aromatic heterocycles. The number of hydrogen-bond donors (Lipinski definition) is 1. The lowest BCUT2D eigenvalue weighted by molar-refractivity contribution is -0.150. The molecule has 0 radical (unpaired) electrons. The molecule has 4 saturated carbocycles. The van der Waals surface area contributed by atoms with Gasteiger partial charge in [0.2, 0.25) is 0 Å². The molecule has 24 heavy (non-hydrogen) atoms. The molecule has 8 atom stereocenters. The van der Waals surface area contributed by atoms with Crippen molar-refractivity contribution in [3.8, 4) is 0 Å². The molecule has 1 N–H and O–H groups in total. The standard InChI is InChI=1S/C22H36O2/c1-14(23)17-7-8-18-16-6-5-15-13-20(2,24)11-12-21(15,3)19(16)9-10-22(17,18)4/h15-19,24H,5-13H2,1-4H3/t15-,16+,17?,18-,19-,20+,21+,22-/m1/s1. The van der Waals surface area contributed by atoms with Crippen molar-refractivity contribution in [3.05, 3.63) is 0 Å². The Morgan fingerprint density at radius 1 is 0.875 bits per heavy atom. The normalized spacial score (nSPS) is 57.0. The van der Waals surface area contributed by atoms with Crippen molar-refractivity contribution in [1.82, 2.24) is 0 Å². The summed E-state index contributed by atoms with van der Waals surface area (Å²) in [6.45, 7) is 8.85. The first kappa shape index (κ1) is 17.1. The monoisotopic (exact) mass is 332 g/mol. The SMILES string of the molecule is CC(=O)C1CC[C@@H]2[C@@H]3CC[C@@H]4C[C@@](C)(O)CC[C@]4(C)[C@@H]3CC[C@]12C. The summed E-state index contributed by atoms with van der Waals surface area (Å²) < 4.78 is 0. The minimum atomic E-state index is -0.437. The molecule has 136 valence electrons. The number of carbonyl (C=O) groups excluding carboxylic acids is 1. The molecule has 4 rings (SSSR count). The van der Waals surface area contributed by atoms with Crippen LogP contribution in [0.3, 0.4) is 0 Å².